The van der Waals surface area contributed by atoms with Crippen LogP contribution in [-0.4, -0.2) is 24.7 Å². The molecule has 1 aliphatic rings. The Hall–Kier alpha value is -0.570. The van der Waals surface area contributed by atoms with Crippen LogP contribution < -0.4 is 5.32 Å². The van der Waals surface area contributed by atoms with Crippen LogP contribution in [0.5, 0.6) is 0 Å². The van der Waals surface area contributed by atoms with Crippen molar-refractivity contribution in [2.75, 3.05) is 13.2 Å². The lowest BCUT2D eigenvalue weighted by molar-refractivity contribution is -0.159. The molecule has 3 nitrogen and oxygen atoms in total. The van der Waals surface area contributed by atoms with Gasteiger partial charge >= 0.3 is 5.97 Å². The zero-order valence-corrected chi connectivity index (χ0v) is 14.2. The molecule has 118 valence electrons. The van der Waals surface area contributed by atoms with E-state index in [0.29, 0.717) is 18.4 Å². The Morgan fingerprint density at radius 1 is 1.35 bits per heavy atom. The summed E-state index contributed by atoms with van der Waals surface area (Å²) in [5.41, 5.74) is -0.381. The van der Waals surface area contributed by atoms with Crippen molar-refractivity contribution in [2.24, 2.45) is 17.3 Å². The summed E-state index contributed by atoms with van der Waals surface area (Å²) < 4.78 is 5.44. The fourth-order valence-corrected chi connectivity index (χ4v) is 3.52. The van der Waals surface area contributed by atoms with Crippen molar-refractivity contribution in [2.45, 2.75) is 72.8 Å². The lowest BCUT2D eigenvalue weighted by Crippen LogP contribution is -2.63. The summed E-state index contributed by atoms with van der Waals surface area (Å²) in [6.45, 7) is 14.3. The van der Waals surface area contributed by atoms with Gasteiger partial charge in [0.15, 0.2) is 0 Å². The topological polar surface area (TPSA) is 38.3 Å². The number of rotatable bonds is 5. The molecule has 0 aromatic heterocycles. The molecule has 1 N–H and O–H groups in total. The van der Waals surface area contributed by atoms with E-state index in [9.17, 15) is 4.79 Å². The van der Waals surface area contributed by atoms with Crippen LogP contribution in [0, 0.1) is 17.3 Å². The third-order valence-corrected chi connectivity index (χ3v) is 4.42. The Morgan fingerprint density at radius 3 is 2.50 bits per heavy atom. The molecule has 1 aliphatic carbocycles. The van der Waals surface area contributed by atoms with Crippen LogP contribution in [-0.2, 0) is 9.53 Å². The third kappa shape index (κ3) is 3.97. The first-order valence-electron chi connectivity index (χ1n) is 8.16. The molecule has 1 fully saturated rings. The average molecular weight is 283 g/mol. The number of esters is 1. The zero-order chi connectivity index (χ0) is 15.4. The van der Waals surface area contributed by atoms with Crippen LogP contribution in [0.2, 0.25) is 0 Å². The SMILES string of the molecule is CCOC(=O)C1(NCC(C)C)CCCCC1C(C)(C)C. The van der Waals surface area contributed by atoms with Gasteiger partial charge in [-0.05, 0) is 43.6 Å². The fourth-order valence-electron chi connectivity index (χ4n) is 3.52. The highest BCUT2D eigenvalue weighted by atomic mass is 16.5. The molecule has 0 aromatic carbocycles. The molecular formula is C17H33NO2. The van der Waals surface area contributed by atoms with Crippen LogP contribution in [0.1, 0.15) is 67.2 Å². The first kappa shape index (κ1) is 17.5. The molecule has 0 saturated heterocycles. The molecule has 0 radical (unpaired) electrons. The monoisotopic (exact) mass is 283 g/mol. The first-order chi connectivity index (χ1) is 9.24. The van der Waals surface area contributed by atoms with Gasteiger partial charge in [0.1, 0.15) is 5.54 Å². The smallest absolute Gasteiger partial charge is 0.326 e. The Morgan fingerprint density at radius 2 is 2.00 bits per heavy atom. The maximum absolute atomic E-state index is 12.7. The first-order valence-corrected chi connectivity index (χ1v) is 8.16. The normalized spacial score (nSPS) is 27.6. The standard InChI is InChI=1S/C17H33NO2/c1-7-20-15(19)17(18-12-13(2)3)11-9-8-10-14(17)16(4,5)6/h13-14,18H,7-12H2,1-6H3. The molecule has 1 saturated carbocycles. The minimum atomic E-state index is -0.489. The van der Waals surface area contributed by atoms with Gasteiger partial charge in [-0.2, -0.15) is 0 Å². The molecule has 0 amide bonds. The van der Waals surface area contributed by atoms with E-state index in [0.717, 1.165) is 25.8 Å². The van der Waals surface area contributed by atoms with Gasteiger partial charge in [0.05, 0.1) is 6.61 Å². The van der Waals surface area contributed by atoms with Crippen LogP contribution in [0.25, 0.3) is 0 Å². The van der Waals surface area contributed by atoms with Gasteiger partial charge in [0.2, 0.25) is 0 Å². The van der Waals surface area contributed by atoms with E-state index in [-0.39, 0.29) is 11.4 Å². The minimum absolute atomic E-state index is 0.0414. The second kappa shape index (κ2) is 6.93. The Labute approximate surface area is 124 Å². The van der Waals surface area contributed by atoms with E-state index in [2.05, 4.69) is 39.9 Å². The van der Waals surface area contributed by atoms with E-state index in [4.69, 9.17) is 4.74 Å². The predicted octanol–water partition coefficient (Wildman–Crippen LogP) is 3.77. The van der Waals surface area contributed by atoms with Crippen LogP contribution >= 0.6 is 0 Å². The van der Waals surface area contributed by atoms with Gasteiger partial charge in [0.25, 0.3) is 0 Å². The molecule has 20 heavy (non-hydrogen) atoms. The van der Waals surface area contributed by atoms with Gasteiger partial charge in [-0.25, -0.2) is 0 Å². The largest absolute Gasteiger partial charge is 0.465 e. The Kier molecular flexibility index (Phi) is 6.06. The molecule has 0 heterocycles. The zero-order valence-electron chi connectivity index (χ0n) is 14.2. The van der Waals surface area contributed by atoms with Gasteiger partial charge in [-0.1, -0.05) is 47.5 Å². The summed E-state index contributed by atoms with van der Waals surface area (Å²) >= 11 is 0. The average Bonchev–Trinajstić information content (AvgIpc) is 2.35. The summed E-state index contributed by atoms with van der Waals surface area (Å²) in [6, 6.07) is 0. The highest BCUT2D eigenvalue weighted by Crippen LogP contribution is 2.45. The number of nitrogens with one attached hydrogen (secondary N) is 1. The fraction of sp³-hybridized carbons (Fsp3) is 0.941. The Bertz CT molecular complexity index is 319. The molecule has 0 aliphatic heterocycles. The quantitative estimate of drug-likeness (QED) is 0.781. The summed E-state index contributed by atoms with van der Waals surface area (Å²) in [5.74, 6) is 0.825. The van der Waals surface area contributed by atoms with E-state index < -0.39 is 5.54 Å². The van der Waals surface area contributed by atoms with Crippen molar-refractivity contribution < 1.29 is 9.53 Å². The molecular weight excluding hydrogens is 250 g/mol. The van der Waals surface area contributed by atoms with Crippen molar-refractivity contribution in [3.63, 3.8) is 0 Å². The molecule has 0 bridgehead atoms. The second-order valence-electron chi connectivity index (χ2n) is 7.63. The van der Waals surface area contributed by atoms with Crippen molar-refractivity contribution in [1.82, 2.24) is 5.32 Å². The van der Waals surface area contributed by atoms with Crippen molar-refractivity contribution in [1.29, 1.82) is 0 Å². The van der Waals surface area contributed by atoms with Gasteiger partial charge in [0, 0.05) is 0 Å². The van der Waals surface area contributed by atoms with Crippen LogP contribution in [0.15, 0.2) is 0 Å². The highest BCUT2D eigenvalue weighted by molar-refractivity contribution is 5.81. The summed E-state index contributed by atoms with van der Waals surface area (Å²) in [7, 11) is 0. The van der Waals surface area contributed by atoms with Crippen LogP contribution in [0.4, 0.5) is 0 Å². The summed E-state index contributed by atoms with van der Waals surface area (Å²) in [4.78, 5) is 12.7. The number of ether oxygens (including phenoxy) is 1. The van der Waals surface area contributed by atoms with E-state index in [1.54, 1.807) is 0 Å². The van der Waals surface area contributed by atoms with Crippen molar-refractivity contribution >= 4 is 5.97 Å². The molecule has 2 unspecified atom stereocenters. The van der Waals surface area contributed by atoms with Crippen molar-refractivity contribution in [3.05, 3.63) is 0 Å². The summed E-state index contributed by atoms with van der Waals surface area (Å²) in [6.07, 6.45) is 4.33. The lowest BCUT2D eigenvalue weighted by Gasteiger charge is -2.49. The number of carbonyl (C=O) groups is 1. The minimum Gasteiger partial charge on any atom is -0.465 e. The van der Waals surface area contributed by atoms with Crippen molar-refractivity contribution in [3.8, 4) is 0 Å². The third-order valence-electron chi connectivity index (χ3n) is 4.42. The molecule has 0 spiro atoms. The van der Waals surface area contributed by atoms with E-state index in [1.165, 1.54) is 6.42 Å². The molecule has 2 atom stereocenters. The number of hydrogen-bond acceptors (Lipinski definition) is 3. The van der Waals surface area contributed by atoms with E-state index in [1.807, 2.05) is 6.92 Å². The second-order valence-corrected chi connectivity index (χ2v) is 7.63. The molecule has 1 rings (SSSR count). The maximum Gasteiger partial charge on any atom is 0.326 e. The lowest BCUT2D eigenvalue weighted by atomic mass is 9.62. The molecule has 0 aromatic rings. The maximum atomic E-state index is 12.7. The predicted molar refractivity (Wildman–Crippen MR) is 83.6 cm³/mol. The number of hydrogen-bond donors (Lipinski definition) is 1. The van der Waals surface area contributed by atoms with E-state index >= 15 is 0 Å². The van der Waals surface area contributed by atoms with Gasteiger partial charge in [-0.15, -0.1) is 0 Å². The van der Waals surface area contributed by atoms with Gasteiger partial charge in [-0.3, -0.25) is 4.79 Å². The Balaban J connectivity index is 3.07. The highest BCUT2D eigenvalue weighted by Gasteiger charge is 2.52. The van der Waals surface area contributed by atoms with Gasteiger partial charge < -0.3 is 10.1 Å². The molecule has 3 heteroatoms. The number of carbonyl (C=O) groups excluding carboxylic acids is 1. The van der Waals surface area contributed by atoms with Crippen LogP contribution in [0.3, 0.4) is 0 Å². The summed E-state index contributed by atoms with van der Waals surface area (Å²) in [5, 5.41) is 3.60.